The summed E-state index contributed by atoms with van der Waals surface area (Å²) in [5.41, 5.74) is -0.519. The molecule has 0 amide bonds. The Hall–Kier alpha value is -1.52. The fourth-order valence-corrected chi connectivity index (χ4v) is 1.08. The highest BCUT2D eigenvalue weighted by Gasteiger charge is 2.18. The van der Waals surface area contributed by atoms with Gasteiger partial charge in [-0.15, -0.1) is 0 Å². The van der Waals surface area contributed by atoms with E-state index < -0.39 is 11.3 Å². The highest BCUT2D eigenvalue weighted by atomic mass is 19.3. The van der Waals surface area contributed by atoms with Crippen molar-refractivity contribution in [3.8, 4) is 0 Å². The molecule has 0 atom stereocenters. The van der Waals surface area contributed by atoms with Crippen LogP contribution in [-0.4, -0.2) is 4.92 Å². The number of hydrogen-bond donors (Lipinski definition) is 0. The first-order valence-electron chi connectivity index (χ1n) is 3.56. The molecule has 0 radical (unpaired) electrons. The van der Waals surface area contributed by atoms with Crippen LogP contribution in [0, 0.1) is 17.0 Å². The Morgan fingerprint density at radius 3 is 2.54 bits per heavy atom. The highest BCUT2D eigenvalue weighted by Crippen LogP contribution is 2.28. The van der Waals surface area contributed by atoms with Crippen molar-refractivity contribution in [2.24, 2.45) is 0 Å². The van der Waals surface area contributed by atoms with E-state index in [-0.39, 0.29) is 16.8 Å². The van der Waals surface area contributed by atoms with Gasteiger partial charge >= 0.3 is 0 Å². The van der Waals surface area contributed by atoms with Crippen LogP contribution >= 0.6 is 0 Å². The molecular weight excluding hydrogens is 180 g/mol. The third-order valence-electron chi connectivity index (χ3n) is 1.78. The zero-order valence-corrected chi connectivity index (χ0v) is 6.83. The molecule has 1 aromatic carbocycles. The number of nitrogens with zero attached hydrogens (tertiary/aromatic N) is 1. The maximum Gasteiger partial charge on any atom is 0.272 e. The van der Waals surface area contributed by atoms with Crippen molar-refractivity contribution in [2.45, 2.75) is 13.3 Å². The molecule has 0 bridgehead atoms. The van der Waals surface area contributed by atoms with E-state index >= 15 is 0 Å². The molecule has 1 rings (SSSR count). The molecule has 1 aromatic rings. The predicted octanol–water partition coefficient (Wildman–Crippen LogP) is 2.84. The van der Waals surface area contributed by atoms with Gasteiger partial charge in [0.1, 0.15) is 0 Å². The van der Waals surface area contributed by atoms with E-state index in [9.17, 15) is 18.9 Å². The third-order valence-corrected chi connectivity index (χ3v) is 1.78. The molecule has 0 heterocycles. The minimum Gasteiger partial charge on any atom is -0.258 e. The second-order valence-corrected chi connectivity index (χ2v) is 2.55. The Morgan fingerprint density at radius 2 is 2.08 bits per heavy atom. The number of benzene rings is 1. The van der Waals surface area contributed by atoms with Gasteiger partial charge in [0.2, 0.25) is 0 Å². The van der Waals surface area contributed by atoms with E-state index in [1.807, 2.05) is 0 Å². The molecule has 13 heavy (non-hydrogen) atoms. The molecule has 0 spiro atoms. The van der Waals surface area contributed by atoms with Gasteiger partial charge in [-0.3, -0.25) is 10.1 Å². The summed E-state index contributed by atoms with van der Waals surface area (Å²) in [6.07, 6.45) is -2.67. The molecule has 0 aliphatic heterocycles. The van der Waals surface area contributed by atoms with Gasteiger partial charge < -0.3 is 0 Å². The highest BCUT2D eigenvalue weighted by molar-refractivity contribution is 5.44. The van der Waals surface area contributed by atoms with Gasteiger partial charge in [-0.25, -0.2) is 8.78 Å². The monoisotopic (exact) mass is 187 g/mol. The second-order valence-electron chi connectivity index (χ2n) is 2.55. The zero-order chi connectivity index (χ0) is 10.0. The molecule has 0 unspecified atom stereocenters. The van der Waals surface area contributed by atoms with Gasteiger partial charge in [0.25, 0.3) is 12.1 Å². The van der Waals surface area contributed by atoms with Gasteiger partial charge in [-0.05, 0) is 6.92 Å². The third kappa shape index (κ3) is 1.80. The number of alkyl halides is 2. The average molecular weight is 187 g/mol. The molecule has 0 aliphatic carbocycles. The van der Waals surface area contributed by atoms with Crippen molar-refractivity contribution in [1.29, 1.82) is 0 Å². The van der Waals surface area contributed by atoms with Gasteiger partial charge in [0.15, 0.2) is 0 Å². The Labute approximate surface area is 73.1 Å². The Kier molecular flexibility index (Phi) is 2.55. The van der Waals surface area contributed by atoms with Crippen LogP contribution in [0.5, 0.6) is 0 Å². The van der Waals surface area contributed by atoms with Crippen LogP contribution in [-0.2, 0) is 0 Å². The number of nitro groups is 1. The summed E-state index contributed by atoms with van der Waals surface area (Å²) in [5.74, 6) is 0. The molecule has 0 fully saturated rings. The second kappa shape index (κ2) is 3.47. The smallest absolute Gasteiger partial charge is 0.258 e. The zero-order valence-electron chi connectivity index (χ0n) is 6.83. The summed E-state index contributed by atoms with van der Waals surface area (Å²) >= 11 is 0. The van der Waals surface area contributed by atoms with E-state index in [0.717, 1.165) is 0 Å². The van der Waals surface area contributed by atoms with Crippen LogP contribution in [0.3, 0.4) is 0 Å². The van der Waals surface area contributed by atoms with Crippen molar-refractivity contribution in [1.82, 2.24) is 0 Å². The average Bonchev–Trinajstić information content (AvgIpc) is 2.03. The Morgan fingerprint density at radius 1 is 1.46 bits per heavy atom. The normalized spacial score (nSPS) is 10.5. The molecular formula is C8H7F2NO2. The number of halogens is 2. The lowest BCUT2D eigenvalue weighted by Crippen LogP contribution is -1.96. The van der Waals surface area contributed by atoms with Crippen molar-refractivity contribution in [3.63, 3.8) is 0 Å². The molecule has 0 aromatic heterocycles. The summed E-state index contributed by atoms with van der Waals surface area (Å²) in [6, 6.07) is 3.65. The van der Waals surface area contributed by atoms with E-state index in [2.05, 4.69) is 0 Å². The first-order chi connectivity index (χ1) is 6.04. The number of hydrogen-bond acceptors (Lipinski definition) is 2. The van der Waals surface area contributed by atoms with Crippen molar-refractivity contribution in [3.05, 3.63) is 39.4 Å². The van der Waals surface area contributed by atoms with Crippen molar-refractivity contribution in [2.75, 3.05) is 0 Å². The van der Waals surface area contributed by atoms with Gasteiger partial charge in [0.05, 0.1) is 4.92 Å². The Bertz CT molecular complexity index is 339. The van der Waals surface area contributed by atoms with Gasteiger partial charge in [0, 0.05) is 17.2 Å². The first kappa shape index (κ1) is 9.57. The van der Waals surface area contributed by atoms with Crippen LogP contribution in [0.1, 0.15) is 17.6 Å². The van der Waals surface area contributed by atoms with Crippen LogP contribution in [0.15, 0.2) is 18.2 Å². The summed E-state index contributed by atoms with van der Waals surface area (Å²) in [7, 11) is 0. The standard InChI is InChI=1S/C8H7F2NO2/c1-5-6(8(9)10)3-2-4-7(5)11(12)13/h2-4,8H,1H3. The summed E-state index contributed by atoms with van der Waals surface area (Å²) < 4.78 is 24.5. The number of rotatable bonds is 2. The summed E-state index contributed by atoms with van der Waals surface area (Å²) in [5, 5.41) is 10.4. The van der Waals surface area contributed by atoms with E-state index in [0.29, 0.717) is 0 Å². The van der Waals surface area contributed by atoms with E-state index in [1.54, 1.807) is 0 Å². The molecule has 0 N–H and O–H groups in total. The number of nitro benzene ring substituents is 1. The topological polar surface area (TPSA) is 43.1 Å². The van der Waals surface area contributed by atoms with Gasteiger partial charge in [-0.2, -0.15) is 0 Å². The first-order valence-corrected chi connectivity index (χ1v) is 3.56. The van der Waals surface area contributed by atoms with Gasteiger partial charge in [-0.1, -0.05) is 12.1 Å². The minimum atomic E-state index is -2.67. The molecule has 5 heteroatoms. The minimum absolute atomic E-state index is 0.0301. The maximum absolute atomic E-state index is 12.2. The lowest BCUT2D eigenvalue weighted by Gasteiger charge is -2.03. The largest absolute Gasteiger partial charge is 0.272 e. The van der Waals surface area contributed by atoms with Crippen LogP contribution in [0.25, 0.3) is 0 Å². The summed E-state index contributed by atoms with van der Waals surface area (Å²) in [6.45, 7) is 1.32. The van der Waals surface area contributed by atoms with Crippen molar-refractivity contribution >= 4 is 5.69 Å². The van der Waals surface area contributed by atoms with Crippen LogP contribution in [0.2, 0.25) is 0 Å². The molecule has 70 valence electrons. The van der Waals surface area contributed by atoms with Crippen LogP contribution < -0.4 is 0 Å². The van der Waals surface area contributed by atoms with E-state index in [1.165, 1.54) is 25.1 Å². The summed E-state index contributed by atoms with van der Waals surface area (Å²) in [4.78, 5) is 9.69. The fourth-order valence-electron chi connectivity index (χ4n) is 1.08. The lowest BCUT2D eigenvalue weighted by atomic mass is 10.1. The molecule has 0 saturated carbocycles. The SMILES string of the molecule is Cc1c(C(F)F)cccc1[N+](=O)[O-]. The fraction of sp³-hybridized carbons (Fsp3) is 0.250. The predicted molar refractivity (Wildman–Crippen MR) is 42.8 cm³/mol. The maximum atomic E-state index is 12.2. The van der Waals surface area contributed by atoms with E-state index in [4.69, 9.17) is 0 Å². The quantitative estimate of drug-likeness (QED) is 0.527. The lowest BCUT2D eigenvalue weighted by molar-refractivity contribution is -0.385. The molecule has 3 nitrogen and oxygen atoms in total. The van der Waals surface area contributed by atoms with Crippen molar-refractivity contribution < 1.29 is 13.7 Å². The van der Waals surface area contributed by atoms with Crippen LogP contribution in [0.4, 0.5) is 14.5 Å². The Balaban J connectivity index is 3.26. The molecule has 0 aliphatic rings. The molecule has 0 saturated heterocycles.